The van der Waals surface area contributed by atoms with Crippen molar-refractivity contribution in [3.63, 3.8) is 0 Å². The molecule has 2 heterocycles. The van der Waals surface area contributed by atoms with Crippen LogP contribution in [0.5, 0.6) is 0 Å². The predicted octanol–water partition coefficient (Wildman–Crippen LogP) is 2.08. The topological polar surface area (TPSA) is 64.8 Å². The van der Waals surface area contributed by atoms with Crippen molar-refractivity contribution in [3.8, 4) is 6.07 Å². The zero-order valence-electron chi connectivity index (χ0n) is 12.2. The number of aromatic nitrogens is 2. The second kappa shape index (κ2) is 6.06. The van der Waals surface area contributed by atoms with Gasteiger partial charge in [0.05, 0.1) is 11.2 Å². The Balaban J connectivity index is 2.14. The molecule has 108 valence electrons. The molecule has 0 radical (unpaired) electrons. The molecule has 1 unspecified atom stereocenters. The van der Waals surface area contributed by atoms with E-state index < -0.39 is 0 Å². The summed E-state index contributed by atoms with van der Waals surface area (Å²) in [6.07, 6.45) is 3.53. The van der Waals surface area contributed by atoms with Crippen molar-refractivity contribution in [2.75, 3.05) is 25.0 Å². The van der Waals surface area contributed by atoms with Gasteiger partial charge in [-0.15, -0.1) is 10.2 Å². The molecule has 21 heavy (non-hydrogen) atoms. The number of benzene rings is 1. The molecule has 1 aliphatic heterocycles. The van der Waals surface area contributed by atoms with Crippen molar-refractivity contribution in [1.82, 2.24) is 15.5 Å². The normalized spacial score (nSPS) is 18.7. The van der Waals surface area contributed by atoms with E-state index in [4.69, 9.17) is 0 Å². The van der Waals surface area contributed by atoms with Crippen LogP contribution in [0.15, 0.2) is 24.3 Å². The molecule has 1 aromatic carbocycles. The Morgan fingerprint density at radius 3 is 3.00 bits per heavy atom. The fourth-order valence-electron chi connectivity index (χ4n) is 3.15. The van der Waals surface area contributed by atoms with Gasteiger partial charge in [0, 0.05) is 24.5 Å². The van der Waals surface area contributed by atoms with Gasteiger partial charge in [-0.2, -0.15) is 5.26 Å². The first-order valence-electron chi connectivity index (χ1n) is 7.42. The number of nitriles is 1. The summed E-state index contributed by atoms with van der Waals surface area (Å²) in [5.41, 5.74) is 2.22. The first-order valence-corrected chi connectivity index (χ1v) is 7.42. The maximum absolute atomic E-state index is 9.43. The second-order valence-corrected chi connectivity index (χ2v) is 5.43. The number of rotatable bonds is 3. The third-order valence-corrected chi connectivity index (χ3v) is 4.10. The van der Waals surface area contributed by atoms with Gasteiger partial charge in [-0.25, -0.2) is 0 Å². The number of nitrogens with zero attached hydrogens (tertiary/aromatic N) is 4. The minimum atomic E-state index is 0.406. The fourth-order valence-corrected chi connectivity index (χ4v) is 3.15. The quantitative estimate of drug-likeness (QED) is 0.933. The van der Waals surface area contributed by atoms with Crippen molar-refractivity contribution >= 4 is 16.6 Å². The zero-order valence-corrected chi connectivity index (χ0v) is 12.2. The van der Waals surface area contributed by atoms with Crippen LogP contribution in [-0.4, -0.2) is 36.4 Å². The van der Waals surface area contributed by atoms with Gasteiger partial charge in [0.2, 0.25) is 0 Å². The molecule has 1 aliphatic rings. The third-order valence-electron chi connectivity index (χ3n) is 4.10. The van der Waals surface area contributed by atoms with Gasteiger partial charge >= 0.3 is 0 Å². The van der Waals surface area contributed by atoms with E-state index in [1.807, 2.05) is 31.3 Å². The van der Waals surface area contributed by atoms with Crippen LogP contribution < -0.4 is 10.2 Å². The average molecular weight is 281 g/mol. The lowest BCUT2D eigenvalue weighted by atomic mass is 9.99. The lowest BCUT2D eigenvalue weighted by Crippen LogP contribution is -2.45. The first kappa shape index (κ1) is 13.8. The van der Waals surface area contributed by atoms with E-state index in [1.54, 1.807) is 0 Å². The maximum Gasteiger partial charge on any atom is 0.187 e. The van der Waals surface area contributed by atoms with Crippen molar-refractivity contribution in [1.29, 1.82) is 5.26 Å². The lowest BCUT2D eigenvalue weighted by Gasteiger charge is -2.38. The lowest BCUT2D eigenvalue weighted by molar-refractivity contribution is 0.446. The van der Waals surface area contributed by atoms with Crippen LogP contribution in [0.1, 0.15) is 25.0 Å². The molecule has 1 aromatic heterocycles. The number of likely N-dealkylation sites (N-methyl/N-ethyl adjacent to an activating group) is 1. The van der Waals surface area contributed by atoms with Crippen LogP contribution in [0.4, 0.5) is 5.69 Å². The maximum atomic E-state index is 9.43. The summed E-state index contributed by atoms with van der Waals surface area (Å²) < 4.78 is 0. The molecule has 1 atom stereocenters. The standard InChI is InChI=1S/C16H19N5/c1-18-11-12-6-4-5-9-21(12)16-13-7-2-3-8-14(13)19-20-15(16)10-17/h2-3,7-8,12,18H,4-6,9,11H2,1H3. The van der Waals surface area contributed by atoms with Crippen LogP contribution in [-0.2, 0) is 0 Å². The summed E-state index contributed by atoms with van der Waals surface area (Å²) in [6, 6.07) is 10.5. The molecule has 5 nitrogen and oxygen atoms in total. The molecule has 5 heteroatoms. The van der Waals surface area contributed by atoms with E-state index in [2.05, 4.69) is 26.5 Å². The van der Waals surface area contributed by atoms with Gasteiger partial charge in [-0.05, 0) is 32.4 Å². The highest BCUT2D eigenvalue weighted by atomic mass is 15.2. The summed E-state index contributed by atoms with van der Waals surface area (Å²) in [5, 5.41) is 22.0. The molecule has 1 saturated heterocycles. The van der Waals surface area contributed by atoms with E-state index in [0.717, 1.165) is 42.5 Å². The zero-order chi connectivity index (χ0) is 14.7. The predicted molar refractivity (Wildman–Crippen MR) is 83.2 cm³/mol. The molecule has 0 aliphatic carbocycles. The van der Waals surface area contributed by atoms with E-state index >= 15 is 0 Å². The molecule has 1 fully saturated rings. The van der Waals surface area contributed by atoms with Gasteiger partial charge in [0.15, 0.2) is 5.69 Å². The molecule has 0 bridgehead atoms. The summed E-state index contributed by atoms with van der Waals surface area (Å²) in [6.45, 7) is 1.89. The highest BCUT2D eigenvalue weighted by Crippen LogP contribution is 2.32. The molecule has 0 saturated carbocycles. The molecular formula is C16H19N5. The van der Waals surface area contributed by atoms with Crippen molar-refractivity contribution in [2.45, 2.75) is 25.3 Å². The van der Waals surface area contributed by atoms with Crippen LogP contribution in [0.3, 0.4) is 0 Å². The van der Waals surface area contributed by atoms with Gasteiger partial charge in [0.25, 0.3) is 0 Å². The van der Waals surface area contributed by atoms with Gasteiger partial charge < -0.3 is 10.2 Å². The highest BCUT2D eigenvalue weighted by molar-refractivity contribution is 5.93. The molecule has 3 rings (SSSR count). The van der Waals surface area contributed by atoms with Gasteiger partial charge in [-0.1, -0.05) is 18.2 Å². The minimum absolute atomic E-state index is 0.406. The Hall–Kier alpha value is -2.19. The van der Waals surface area contributed by atoms with Crippen molar-refractivity contribution < 1.29 is 0 Å². The van der Waals surface area contributed by atoms with E-state index in [-0.39, 0.29) is 0 Å². The Labute approximate surface area is 124 Å². The van der Waals surface area contributed by atoms with E-state index in [9.17, 15) is 5.26 Å². The first-order chi connectivity index (χ1) is 10.3. The number of nitrogens with one attached hydrogen (secondary N) is 1. The Morgan fingerprint density at radius 2 is 2.19 bits per heavy atom. The van der Waals surface area contributed by atoms with Crippen LogP contribution in [0, 0.1) is 11.3 Å². The van der Waals surface area contributed by atoms with Crippen LogP contribution in [0.2, 0.25) is 0 Å². The fraction of sp³-hybridized carbons (Fsp3) is 0.438. The smallest absolute Gasteiger partial charge is 0.187 e. The largest absolute Gasteiger partial charge is 0.364 e. The SMILES string of the molecule is CNCC1CCCCN1c1c(C#N)nnc2ccccc12. The van der Waals surface area contributed by atoms with E-state index in [1.165, 1.54) is 6.42 Å². The van der Waals surface area contributed by atoms with Crippen LogP contribution >= 0.6 is 0 Å². The molecule has 2 aromatic rings. The number of piperidine rings is 1. The molecule has 1 N–H and O–H groups in total. The summed E-state index contributed by atoms with van der Waals surface area (Å²) in [4.78, 5) is 2.34. The average Bonchev–Trinajstić information content (AvgIpc) is 2.55. The minimum Gasteiger partial charge on any atom is -0.364 e. The molecule has 0 spiro atoms. The summed E-state index contributed by atoms with van der Waals surface area (Å²) in [7, 11) is 1.97. The number of hydrogen-bond acceptors (Lipinski definition) is 5. The van der Waals surface area contributed by atoms with Crippen LogP contribution in [0.25, 0.3) is 10.9 Å². The number of hydrogen-bond donors (Lipinski definition) is 1. The Bertz CT molecular complexity index is 674. The summed E-state index contributed by atoms with van der Waals surface area (Å²) >= 11 is 0. The van der Waals surface area contributed by atoms with Gasteiger partial charge in [0.1, 0.15) is 6.07 Å². The van der Waals surface area contributed by atoms with Gasteiger partial charge in [-0.3, -0.25) is 0 Å². The van der Waals surface area contributed by atoms with E-state index in [0.29, 0.717) is 11.7 Å². The second-order valence-electron chi connectivity index (χ2n) is 5.43. The number of fused-ring (bicyclic) bond motifs is 1. The molecular weight excluding hydrogens is 262 g/mol. The highest BCUT2D eigenvalue weighted by Gasteiger charge is 2.26. The monoisotopic (exact) mass is 281 g/mol. The van der Waals surface area contributed by atoms with Crippen molar-refractivity contribution in [3.05, 3.63) is 30.0 Å². The Morgan fingerprint density at radius 1 is 1.33 bits per heavy atom. The number of anilines is 1. The Kier molecular flexibility index (Phi) is 3.98. The molecule has 0 amide bonds. The third kappa shape index (κ3) is 2.55. The van der Waals surface area contributed by atoms with Crippen molar-refractivity contribution in [2.24, 2.45) is 0 Å². The summed E-state index contributed by atoms with van der Waals surface area (Å²) in [5.74, 6) is 0.